The minimum Gasteiger partial charge on any atom is -0.432 e. The first-order chi connectivity index (χ1) is 21.0. The van der Waals surface area contributed by atoms with Gasteiger partial charge >= 0.3 is 5.97 Å². The molecule has 0 bridgehead atoms. The Morgan fingerprint density at radius 2 is 1.47 bits per heavy atom. The summed E-state index contributed by atoms with van der Waals surface area (Å²) < 4.78 is 11.4. The second-order valence-corrected chi connectivity index (χ2v) is 17.1. The van der Waals surface area contributed by atoms with Crippen molar-refractivity contribution in [2.75, 3.05) is 13.2 Å². The van der Waals surface area contributed by atoms with Crippen LogP contribution in [0, 0.1) is 56.7 Å². The number of hydrogen-bond donors (Lipinski definition) is 6. The van der Waals surface area contributed by atoms with Crippen LogP contribution in [0.3, 0.4) is 0 Å². The van der Waals surface area contributed by atoms with Crippen LogP contribution in [-0.2, 0) is 19.1 Å². The molecule has 0 spiro atoms. The molecule has 0 aromatic carbocycles. The minimum absolute atomic E-state index is 0.0394. The number of ketones is 1. The van der Waals surface area contributed by atoms with Crippen LogP contribution in [0.5, 0.6) is 0 Å². The average Bonchev–Trinajstić information content (AvgIpc) is 3.40. The second kappa shape index (κ2) is 11.2. The lowest BCUT2D eigenvalue weighted by molar-refractivity contribution is -0.299. The lowest BCUT2D eigenvalue weighted by atomic mass is 9.32. The Balaban J connectivity index is 1.34. The van der Waals surface area contributed by atoms with E-state index in [0.717, 1.165) is 44.9 Å². The van der Waals surface area contributed by atoms with Gasteiger partial charge < -0.3 is 40.1 Å². The topological polar surface area (TPSA) is 174 Å². The number of esters is 1. The normalized spacial score (nSPS) is 53.8. The number of carbonyl (C=O) groups excluding carboxylic acids is 2. The molecule has 5 aliphatic carbocycles. The van der Waals surface area contributed by atoms with Gasteiger partial charge in [0.2, 0.25) is 6.29 Å². The Hall–Kier alpha value is -1.14. The van der Waals surface area contributed by atoms with Gasteiger partial charge in [-0.05, 0) is 110 Å². The molecule has 6 N–H and O–H groups in total. The molecule has 5 saturated carbocycles. The first kappa shape index (κ1) is 33.7. The van der Waals surface area contributed by atoms with Crippen LogP contribution in [0.2, 0.25) is 0 Å². The summed E-state index contributed by atoms with van der Waals surface area (Å²) >= 11 is 0. The van der Waals surface area contributed by atoms with E-state index in [9.17, 15) is 40.2 Å². The zero-order valence-corrected chi connectivity index (χ0v) is 27.7. The van der Waals surface area contributed by atoms with Gasteiger partial charge in [-0.1, -0.05) is 34.6 Å². The maximum atomic E-state index is 14.3. The Morgan fingerprint density at radius 1 is 0.756 bits per heavy atom. The van der Waals surface area contributed by atoms with Gasteiger partial charge in [-0.25, -0.2) is 0 Å². The molecule has 0 aromatic heterocycles. The van der Waals surface area contributed by atoms with Crippen LogP contribution in [0.25, 0.3) is 0 Å². The van der Waals surface area contributed by atoms with Gasteiger partial charge in [-0.15, -0.1) is 0 Å². The van der Waals surface area contributed by atoms with Crippen LogP contribution >= 0.6 is 0 Å². The van der Waals surface area contributed by atoms with Gasteiger partial charge in [0.1, 0.15) is 31.0 Å². The molecule has 0 unspecified atom stereocenters. The highest BCUT2D eigenvalue weighted by Crippen LogP contribution is 2.77. The Morgan fingerprint density at radius 3 is 2.13 bits per heavy atom. The van der Waals surface area contributed by atoms with E-state index < -0.39 is 61.2 Å². The standard InChI is InChI=1S/C35H56O10/c1-31(2)22-9-12-34(5)23(32(22,3)11-10-24(31)39)7-6-19-25-18(20(38)16-36)8-13-35(25,15-14-33(19,34)4)30(43)45-29-28(42)27(41)26(40)21(17-37)44-29/h18-19,21-29,36-37,39-42H,6-17H2,1-5H3/t18-,19+,21+,22-,23+,24-,25+,26+,27-,28+,29-,32-,33+,34+,35+/m0/s1. The predicted octanol–water partition coefficient (Wildman–Crippen LogP) is 2.33. The van der Waals surface area contributed by atoms with Crippen molar-refractivity contribution in [1.29, 1.82) is 0 Å². The predicted molar refractivity (Wildman–Crippen MR) is 162 cm³/mol. The molecular formula is C35H56O10. The van der Waals surface area contributed by atoms with Crippen molar-refractivity contribution < 1.29 is 49.7 Å². The molecule has 10 heteroatoms. The highest BCUT2D eigenvalue weighted by atomic mass is 16.7. The summed E-state index contributed by atoms with van der Waals surface area (Å²) in [5.41, 5.74) is -1.30. The Bertz CT molecular complexity index is 1170. The van der Waals surface area contributed by atoms with E-state index >= 15 is 0 Å². The van der Waals surface area contributed by atoms with Crippen LogP contribution in [-0.4, -0.2) is 92.4 Å². The van der Waals surface area contributed by atoms with Crippen LogP contribution in [0.1, 0.15) is 98.8 Å². The van der Waals surface area contributed by atoms with Gasteiger partial charge in [0.05, 0.1) is 18.1 Å². The van der Waals surface area contributed by atoms with Crippen molar-refractivity contribution >= 4 is 11.8 Å². The second-order valence-electron chi connectivity index (χ2n) is 17.1. The lowest BCUT2D eigenvalue weighted by Gasteiger charge is -2.72. The zero-order chi connectivity index (χ0) is 32.9. The largest absolute Gasteiger partial charge is 0.432 e. The minimum atomic E-state index is -1.70. The number of fused-ring (bicyclic) bond motifs is 7. The molecule has 6 fully saturated rings. The monoisotopic (exact) mass is 636 g/mol. The van der Waals surface area contributed by atoms with E-state index in [1.54, 1.807) is 0 Å². The van der Waals surface area contributed by atoms with E-state index in [2.05, 4.69) is 34.6 Å². The fourth-order valence-electron chi connectivity index (χ4n) is 12.8. The quantitative estimate of drug-likeness (QED) is 0.246. The van der Waals surface area contributed by atoms with E-state index in [1.165, 1.54) is 0 Å². The molecule has 6 rings (SSSR count). The molecule has 256 valence electrons. The summed E-state index contributed by atoms with van der Waals surface area (Å²) in [6, 6.07) is 0. The third kappa shape index (κ3) is 4.52. The third-order valence-corrected chi connectivity index (χ3v) is 15.5. The summed E-state index contributed by atoms with van der Waals surface area (Å²) in [5.74, 6) is -0.771. The molecule has 45 heavy (non-hydrogen) atoms. The van der Waals surface area contributed by atoms with Crippen LogP contribution in [0.4, 0.5) is 0 Å². The Kier molecular flexibility index (Phi) is 8.41. The smallest absolute Gasteiger partial charge is 0.314 e. The van der Waals surface area contributed by atoms with Crippen molar-refractivity contribution in [3.8, 4) is 0 Å². The van der Waals surface area contributed by atoms with Crippen LogP contribution in [0.15, 0.2) is 0 Å². The highest BCUT2D eigenvalue weighted by Gasteiger charge is 2.72. The molecule has 0 aromatic rings. The summed E-state index contributed by atoms with van der Waals surface area (Å²) in [5, 5.41) is 61.9. The van der Waals surface area contributed by atoms with Crippen molar-refractivity contribution in [2.45, 2.75) is 136 Å². The number of hydrogen-bond acceptors (Lipinski definition) is 10. The average molecular weight is 637 g/mol. The maximum Gasteiger partial charge on any atom is 0.314 e. The Labute approximate surface area is 266 Å². The maximum absolute atomic E-state index is 14.3. The SMILES string of the molecule is CC1(C)[C@@H](O)CC[C@]2(C)[C@H]3CC[C@@H]4[C@H]5[C@H](C(=O)CO)CC[C@@]5(C(=O)O[C@@H]5O[C@H](CO)[C@@H](O)[C@H](O)[C@H]5O)CC[C@@]4(C)[C@]3(C)CC[C@@H]12. The zero-order valence-electron chi connectivity index (χ0n) is 27.7. The molecule has 1 heterocycles. The van der Waals surface area contributed by atoms with E-state index in [0.29, 0.717) is 31.1 Å². The fraction of sp³-hybridized carbons (Fsp3) is 0.943. The molecule has 10 nitrogen and oxygen atoms in total. The third-order valence-electron chi connectivity index (χ3n) is 15.5. The van der Waals surface area contributed by atoms with Crippen molar-refractivity contribution in [3.05, 3.63) is 0 Å². The summed E-state index contributed by atoms with van der Waals surface area (Å²) in [6.45, 7) is 10.5. The molecule has 0 radical (unpaired) electrons. The molecule has 1 aliphatic heterocycles. The first-order valence-electron chi connectivity index (χ1n) is 17.4. The highest BCUT2D eigenvalue weighted by molar-refractivity contribution is 5.86. The number of rotatable bonds is 5. The van der Waals surface area contributed by atoms with Crippen molar-refractivity contribution in [3.63, 3.8) is 0 Å². The number of Topliss-reactive ketones (excluding diaryl/α,β-unsaturated/α-hetero) is 1. The number of ether oxygens (including phenoxy) is 2. The molecule has 15 atom stereocenters. The first-order valence-corrected chi connectivity index (χ1v) is 17.4. The molecule has 1 saturated heterocycles. The van der Waals surface area contributed by atoms with Crippen molar-refractivity contribution in [1.82, 2.24) is 0 Å². The van der Waals surface area contributed by atoms with E-state index in [4.69, 9.17) is 9.47 Å². The molecule has 6 aliphatic rings. The van der Waals surface area contributed by atoms with Gasteiger partial charge in [-0.2, -0.15) is 0 Å². The van der Waals surface area contributed by atoms with E-state index in [-0.39, 0.29) is 45.4 Å². The van der Waals surface area contributed by atoms with Gasteiger partial charge in [0, 0.05) is 5.92 Å². The van der Waals surface area contributed by atoms with Crippen molar-refractivity contribution in [2.24, 2.45) is 56.7 Å². The number of aliphatic hydroxyl groups excluding tert-OH is 6. The van der Waals surface area contributed by atoms with E-state index in [1.807, 2.05) is 0 Å². The van der Waals surface area contributed by atoms with Gasteiger partial charge in [0.25, 0.3) is 0 Å². The molecule has 0 amide bonds. The summed E-state index contributed by atoms with van der Waals surface area (Å²) in [4.78, 5) is 27.7. The fourth-order valence-corrected chi connectivity index (χ4v) is 12.8. The molecular weight excluding hydrogens is 580 g/mol. The number of carbonyl (C=O) groups is 2. The summed E-state index contributed by atoms with van der Waals surface area (Å²) in [6.07, 6.45) is -0.159. The number of aliphatic hydroxyl groups is 6. The van der Waals surface area contributed by atoms with Crippen LogP contribution < -0.4 is 0 Å². The van der Waals surface area contributed by atoms with Gasteiger partial charge in [-0.3, -0.25) is 9.59 Å². The van der Waals surface area contributed by atoms with Gasteiger partial charge in [0.15, 0.2) is 5.78 Å². The summed E-state index contributed by atoms with van der Waals surface area (Å²) in [7, 11) is 0. The lowest BCUT2D eigenvalue weighted by Crippen LogP contribution is -2.67.